The van der Waals surface area contributed by atoms with Crippen molar-refractivity contribution in [1.29, 1.82) is 0 Å². The van der Waals surface area contributed by atoms with Crippen LogP contribution in [0.15, 0.2) is 91.0 Å². The molecule has 0 radical (unpaired) electrons. The number of ether oxygens (including phenoxy) is 3. The number of amides is 3. The standard InChI is InChI=1S/C47H58N4O8Si/c1-6-58-36-17-21-41-33(26-36)27-40(48-22-10-11-24-52)45(55)51(41)34-14-20-39-38(28-34)47(46(56)49-39)31(2)44(60(4,5)37-18-15-35(57-3)16-19-37)42(59-47)29-43(54)50(23-25-53)30-32-12-8-7-9-13-32/h7-9,12-21,26,28,31,40,42,44,48,52-53H,6,10-11,22-25,27,29-30H2,1-5H3,(H,49,56)/t31-,40?,42+,44-,47+/m1/s1. The largest absolute Gasteiger partial charge is 0.497 e. The van der Waals surface area contributed by atoms with Crippen molar-refractivity contribution in [3.63, 3.8) is 0 Å². The molecular weight excluding hydrogens is 777 g/mol. The Morgan fingerprint density at radius 1 is 0.983 bits per heavy atom. The van der Waals surface area contributed by atoms with E-state index in [1.54, 1.807) is 16.9 Å². The van der Waals surface area contributed by atoms with Crippen molar-refractivity contribution in [3.8, 4) is 11.5 Å². The zero-order valence-electron chi connectivity index (χ0n) is 35.3. The van der Waals surface area contributed by atoms with Crippen molar-refractivity contribution in [2.75, 3.05) is 50.2 Å². The molecule has 4 aromatic carbocycles. The highest BCUT2D eigenvalue weighted by atomic mass is 28.3. The quantitative estimate of drug-likeness (QED) is 0.0786. The Hall–Kier alpha value is -5.05. The Morgan fingerprint density at radius 3 is 2.43 bits per heavy atom. The van der Waals surface area contributed by atoms with Crippen molar-refractivity contribution in [3.05, 3.63) is 108 Å². The predicted octanol–water partition coefficient (Wildman–Crippen LogP) is 5.62. The van der Waals surface area contributed by atoms with Gasteiger partial charge in [-0.25, -0.2) is 0 Å². The van der Waals surface area contributed by atoms with E-state index in [-0.39, 0.29) is 55.4 Å². The lowest BCUT2D eigenvalue weighted by molar-refractivity contribution is -0.148. The van der Waals surface area contributed by atoms with Crippen molar-refractivity contribution in [1.82, 2.24) is 10.2 Å². The highest BCUT2D eigenvalue weighted by Gasteiger charge is 2.65. The lowest BCUT2D eigenvalue weighted by atomic mass is 9.82. The third-order valence-corrected chi connectivity index (χ3v) is 17.0. The first-order valence-electron chi connectivity index (χ1n) is 21.1. The molecule has 1 unspecified atom stereocenters. The lowest BCUT2D eigenvalue weighted by Gasteiger charge is -2.37. The molecular formula is C47H58N4O8Si. The van der Waals surface area contributed by atoms with Crippen LogP contribution in [0.5, 0.6) is 11.5 Å². The van der Waals surface area contributed by atoms with Gasteiger partial charge < -0.3 is 40.0 Å². The summed E-state index contributed by atoms with van der Waals surface area (Å²) in [6.07, 6.45) is 1.20. The highest BCUT2D eigenvalue weighted by Crippen LogP contribution is 2.59. The van der Waals surface area contributed by atoms with Crippen LogP contribution in [0.25, 0.3) is 0 Å². The van der Waals surface area contributed by atoms with E-state index in [2.05, 4.69) is 42.8 Å². The molecule has 0 saturated carbocycles. The summed E-state index contributed by atoms with van der Waals surface area (Å²) in [5.41, 5.74) is 2.80. The van der Waals surface area contributed by atoms with Crippen LogP contribution >= 0.6 is 0 Å². The maximum Gasteiger partial charge on any atom is 0.261 e. The van der Waals surface area contributed by atoms with Gasteiger partial charge in [0, 0.05) is 42.6 Å². The summed E-state index contributed by atoms with van der Waals surface area (Å²) in [4.78, 5) is 47.0. The van der Waals surface area contributed by atoms with E-state index in [0.29, 0.717) is 49.5 Å². The number of hydrogen-bond donors (Lipinski definition) is 4. The van der Waals surface area contributed by atoms with Gasteiger partial charge in [-0.05, 0) is 97.9 Å². The SMILES string of the molecule is CCOc1ccc2c(c1)CC(NCCCCO)C(=O)N2c1ccc2c(c1)[C@]1(O[C@@H](CC(=O)N(CCO)Cc3ccccc3)[C@H]([Si](C)(C)c3ccc(OC)cc3)[C@H]1C)C(=O)N2. The van der Waals surface area contributed by atoms with Gasteiger partial charge in [0.1, 0.15) is 11.5 Å². The third kappa shape index (κ3) is 8.21. The van der Waals surface area contributed by atoms with E-state index >= 15 is 0 Å². The second kappa shape index (κ2) is 18.3. The molecule has 0 aliphatic carbocycles. The van der Waals surface area contributed by atoms with Gasteiger partial charge in [-0.15, -0.1) is 0 Å². The average Bonchev–Trinajstić information content (AvgIpc) is 3.70. The van der Waals surface area contributed by atoms with E-state index in [1.165, 1.54) is 0 Å². The van der Waals surface area contributed by atoms with Crippen LogP contribution in [-0.4, -0.2) is 93.1 Å². The van der Waals surface area contributed by atoms with Gasteiger partial charge in [-0.1, -0.05) is 67.7 Å². The molecule has 0 bridgehead atoms. The first-order valence-corrected chi connectivity index (χ1v) is 24.2. The first kappa shape index (κ1) is 43.0. The molecule has 3 aliphatic rings. The second-order valence-electron chi connectivity index (χ2n) is 16.6. The molecule has 1 saturated heterocycles. The van der Waals surface area contributed by atoms with Crippen LogP contribution in [0.1, 0.15) is 49.8 Å². The van der Waals surface area contributed by atoms with Crippen LogP contribution in [-0.2, 0) is 37.7 Å². The maximum absolute atomic E-state index is 14.7. The van der Waals surface area contributed by atoms with Crippen LogP contribution in [0, 0.1) is 5.92 Å². The molecule has 1 spiro atoms. The van der Waals surface area contributed by atoms with Crippen molar-refractivity contribution in [2.45, 2.75) is 82.5 Å². The van der Waals surface area contributed by atoms with Crippen molar-refractivity contribution < 1.29 is 38.8 Å². The van der Waals surface area contributed by atoms with Crippen LogP contribution in [0.2, 0.25) is 18.6 Å². The molecule has 1 fully saturated rings. The van der Waals surface area contributed by atoms with Gasteiger partial charge >= 0.3 is 0 Å². The molecule has 3 aliphatic heterocycles. The number of unbranched alkanes of at least 4 members (excludes halogenated alkanes) is 1. The zero-order chi connectivity index (χ0) is 42.6. The maximum atomic E-state index is 14.7. The van der Waals surface area contributed by atoms with E-state index < -0.39 is 25.8 Å². The van der Waals surface area contributed by atoms with Crippen molar-refractivity contribution >= 4 is 48.0 Å². The highest BCUT2D eigenvalue weighted by molar-refractivity contribution is 6.91. The average molecular weight is 835 g/mol. The summed E-state index contributed by atoms with van der Waals surface area (Å²) in [5, 5.41) is 27.1. The van der Waals surface area contributed by atoms with Gasteiger partial charge in [0.2, 0.25) is 11.8 Å². The number of aliphatic hydroxyl groups excluding tert-OH is 2. The second-order valence-corrected chi connectivity index (χ2v) is 21.3. The van der Waals surface area contributed by atoms with E-state index in [0.717, 1.165) is 39.9 Å². The molecule has 3 amide bonds. The molecule has 13 heteroatoms. The number of nitrogens with zero attached hydrogens (tertiary/aromatic N) is 2. The molecule has 5 atom stereocenters. The minimum Gasteiger partial charge on any atom is -0.497 e. The minimum atomic E-state index is -2.57. The van der Waals surface area contributed by atoms with Gasteiger partial charge in [0.15, 0.2) is 5.60 Å². The monoisotopic (exact) mass is 834 g/mol. The smallest absolute Gasteiger partial charge is 0.261 e. The van der Waals surface area contributed by atoms with E-state index in [9.17, 15) is 24.6 Å². The number of aliphatic hydroxyl groups is 2. The number of rotatable bonds is 17. The number of benzene rings is 4. The number of methoxy groups -OCH3 is 1. The Morgan fingerprint density at radius 2 is 1.73 bits per heavy atom. The number of fused-ring (bicyclic) bond motifs is 3. The van der Waals surface area contributed by atoms with Gasteiger partial charge in [0.25, 0.3) is 5.91 Å². The summed E-state index contributed by atoms with van der Waals surface area (Å²) < 4.78 is 18.5. The van der Waals surface area contributed by atoms with Crippen LogP contribution < -0.4 is 30.2 Å². The fourth-order valence-electron chi connectivity index (χ4n) is 9.70. The summed E-state index contributed by atoms with van der Waals surface area (Å²) in [6, 6.07) is 28.6. The molecule has 7 rings (SSSR count). The molecule has 0 aromatic heterocycles. The topological polar surface area (TPSA) is 150 Å². The Kier molecular flexibility index (Phi) is 13.1. The molecule has 4 aromatic rings. The van der Waals surface area contributed by atoms with Crippen LogP contribution in [0.3, 0.4) is 0 Å². The summed E-state index contributed by atoms with van der Waals surface area (Å²) in [7, 11) is -0.936. The molecule has 60 heavy (non-hydrogen) atoms. The fourth-order valence-corrected chi connectivity index (χ4v) is 13.7. The molecule has 12 nitrogen and oxygen atoms in total. The first-order chi connectivity index (χ1) is 29.0. The molecule has 4 N–H and O–H groups in total. The number of anilines is 3. The third-order valence-electron chi connectivity index (χ3n) is 12.7. The lowest BCUT2D eigenvalue weighted by Crippen LogP contribution is -2.52. The Balaban J connectivity index is 1.29. The molecule has 3 heterocycles. The Labute approximate surface area is 353 Å². The normalized spacial score (nSPS) is 22.1. The number of nitrogens with one attached hydrogen (secondary N) is 2. The predicted molar refractivity (Wildman–Crippen MR) is 235 cm³/mol. The Bertz CT molecular complexity index is 2170. The summed E-state index contributed by atoms with van der Waals surface area (Å²) in [5.74, 6) is 0.489. The number of hydrogen-bond acceptors (Lipinski definition) is 9. The molecule has 318 valence electrons. The van der Waals surface area contributed by atoms with Crippen LogP contribution in [0.4, 0.5) is 17.1 Å². The number of carbonyl (C=O) groups is 3. The van der Waals surface area contributed by atoms with E-state index in [1.807, 2.05) is 85.8 Å². The van der Waals surface area contributed by atoms with Gasteiger partial charge in [-0.3, -0.25) is 19.3 Å². The van der Waals surface area contributed by atoms with Gasteiger partial charge in [-0.2, -0.15) is 0 Å². The summed E-state index contributed by atoms with van der Waals surface area (Å²) in [6.45, 7) is 9.99. The van der Waals surface area contributed by atoms with Gasteiger partial charge in [0.05, 0.1) is 52.7 Å². The zero-order valence-corrected chi connectivity index (χ0v) is 36.3. The van der Waals surface area contributed by atoms with Crippen molar-refractivity contribution in [2.24, 2.45) is 5.92 Å². The summed E-state index contributed by atoms with van der Waals surface area (Å²) >= 11 is 0. The minimum absolute atomic E-state index is 0.0161. The fraction of sp³-hybridized carbons (Fsp3) is 0.426. The van der Waals surface area contributed by atoms with E-state index in [4.69, 9.17) is 14.2 Å². The number of carbonyl (C=O) groups excluding carboxylic acids is 3.